The number of hydrogen-bond donors (Lipinski definition) is 0. The summed E-state index contributed by atoms with van der Waals surface area (Å²) < 4.78 is 0. The molecule has 104 valence electrons. The van der Waals surface area contributed by atoms with Crippen LogP contribution in [-0.4, -0.2) is 11.5 Å². The summed E-state index contributed by atoms with van der Waals surface area (Å²) in [6, 6.07) is 0. The second-order valence-corrected chi connectivity index (χ2v) is 8.23. The Morgan fingerprint density at radius 2 is 1.32 bits per heavy atom. The van der Waals surface area contributed by atoms with Crippen LogP contribution in [0, 0.1) is 0 Å². The minimum absolute atomic E-state index is 0.985. The van der Waals surface area contributed by atoms with E-state index in [1.54, 1.807) is 0 Å². The summed E-state index contributed by atoms with van der Waals surface area (Å²) in [6.45, 7) is 20.6. The van der Waals surface area contributed by atoms with Gasteiger partial charge in [0, 0.05) is 9.81 Å². The Kier molecular flexibility index (Phi) is 5.68. The highest BCUT2D eigenvalue weighted by Crippen LogP contribution is 2.69. The maximum atomic E-state index is 4.05. The predicted octanol–water partition coefficient (Wildman–Crippen LogP) is 5.88. The fourth-order valence-electron chi connectivity index (χ4n) is 2.83. The topological polar surface area (TPSA) is 0 Å². The first-order valence-corrected chi connectivity index (χ1v) is 8.91. The predicted molar refractivity (Wildman–Crippen MR) is 92.7 cm³/mol. The molecule has 0 spiro atoms. The lowest BCUT2D eigenvalue weighted by Crippen LogP contribution is -2.09. The van der Waals surface area contributed by atoms with E-state index in [0.29, 0.717) is 0 Å². The molecule has 1 rings (SSSR count). The van der Waals surface area contributed by atoms with Gasteiger partial charge in [-0.25, -0.2) is 0 Å². The summed E-state index contributed by atoms with van der Waals surface area (Å²) >= 11 is 0. The zero-order valence-corrected chi connectivity index (χ0v) is 13.2. The van der Waals surface area contributed by atoms with Crippen LogP contribution in [-0.2, 0) is 0 Å². The summed E-state index contributed by atoms with van der Waals surface area (Å²) in [7, 11) is -0.985. The van der Waals surface area contributed by atoms with Gasteiger partial charge in [-0.05, 0) is 29.1 Å². The highest BCUT2D eigenvalue weighted by molar-refractivity contribution is 8.40. The van der Waals surface area contributed by atoms with Crippen molar-refractivity contribution in [3.8, 4) is 0 Å². The normalized spacial score (nSPS) is 19.3. The largest absolute Gasteiger partial charge is 0.187 e. The molecule has 0 amide bonds. The van der Waals surface area contributed by atoms with E-state index in [1.165, 1.54) is 39.6 Å². The second-order valence-electron chi connectivity index (χ2n) is 4.60. The molecule has 0 radical (unpaired) electrons. The van der Waals surface area contributed by atoms with Crippen molar-refractivity contribution in [3.63, 3.8) is 0 Å². The van der Waals surface area contributed by atoms with Crippen molar-refractivity contribution >= 4 is 10.0 Å². The Morgan fingerprint density at radius 1 is 0.842 bits per heavy atom. The van der Waals surface area contributed by atoms with Crippen LogP contribution in [0.4, 0.5) is 0 Å². The fraction of sp³-hybridized carbons (Fsp3) is 0.333. The van der Waals surface area contributed by atoms with Crippen molar-refractivity contribution in [2.45, 2.75) is 26.7 Å². The number of hydrogen-bond acceptors (Lipinski definition) is 0. The smallest absolute Gasteiger partial charge is 0.00140 e. The third kappa shape index (κ3) is 2.44. The van der Waals surface area contributed by atoms with Gasteiger partial charge in [-0.15, -0.1) is 0 Å². The Hall–Kier alpha value is -1.21. The third-order valence-electron chi connectivity index (χ3n) is 3.78. The van der Waals surface area contributed by atoms with Gasteiger partial charge >= 0.3 is 0 Å². The van der Waals surface area contributed by atoms with Crippen molar-refractivity contribution < 1.29 is 0 Å². The van der Waals surface area contributed by atoms with Gasteiger partial charge in [0.05, 0.1) is 0 Å². The lowest BCUT2D eigenvalue weighted by molar-refractivity contribution is 0.892. The number of allylic oxidation sites excluding steroid dienone is 6. The number of rotatable bonds is 8. The lowest BCUT2D eigenvalue weighted by Gasteiger charge is -2.39. The third-order valence-corrected chi connectivity index (χ3v) is 8.21. The quantitative estimate of drug-likeness (QED) is 0.518. The highest BCUT2D eigenvalue weighted by atomic mass is 32.3. The first-order valence-electron chi connectivity index (χ1n) is 6.94. The van der Waals surface area contributed by atoms with Crippen molar-refractivity contribution in [2.24, 2.45) is 0 Å². The van der Waals surface area contributed by atoms with Crippen molar-refractivity contribution in [1.82, 2.24) is 0 Å². The maximum Gasteiger partial charge on any atom is 0.00140 e. The Morgan fingerprint density at radius 3 is 1.58 bits per heavy atom. The highest BCUT2D eigenvalue weighted by Gasteiger charge is 2.36. The lowest BCUT2D eigenvalue weighted by atomic mass is 10.1. The first kappa shape index (κ1) is 15.8. The molecule has 19 heavy (non-hydrogen) atoms. The Bertz CT molecular complexity index is 424. The molecule has 0 saturated heterocycles. The van der Waals surface area contributed by atoms with Crippen LogP contribution >= 0.6 is 10.0 Å². The summed E-state index contributed by atoms with van der Waals surface area (Å²) in [5, 5.41) is 0. The first-order chi connectivity index (χ1) is 9.16. The van der Waals surface area contributed by atoms with Crippen LogP contribution in [0.2, 0.25) is 0 Å². The van der Waals surface area contributed by atoms with Gasteiger partial charge in [-0.2, -0.15) is 10.0 Å². The van der Waals surface area contributed by atoms with Crippen LogP contribution in [0.5, 0.6) is 0 Å². The van der Waals surface area contributed by atoms with Gasteiger partial charge in [0.15, 0.2) is 0 Å². The second kappa shape index (κ2) is 6.81. The molecule has 1 aliphatic heterocycles. The average molecular weight is 274 g/mol. The molecule has 0 saturated carbocycles. The van der Waals surface area contributed by atoms with Crippen LogP contribution in [0.15, 0.2) is 71.6 Å². The number of unbranched alkanes of at least 4 members (excludes halogenated alkanes) is 1. The minimum Gasteiger partial charge on any atom is -0.187 e. The van der Waals surface area contributed by atoms with Gasteiger partial charge in [0.1, 0.15) is 0 Å². The maximum absolute atomic E-state index is 4.05. The van der Waals surface area contributed by atoms with E-state index < -0.39 is 10.0 Å². The summed E-state index contributed by atoms with van der Waals surface area (Å²) in [5.74, 6) is 2.36. The molecule has 0 unspecified atom stereocenters. The average Bonchev–Trinajstić information content (AvgIpc) is 2.72. The van der Waals surface area contributed by atoms with Gasteiger partial charge < -0.3 is 0 Å². The molecule has 0 aliphatic carbocycles. The van der Waals surface area contributed by atoms with Crippen LogP contribution < -0.4 is 0 Å². The molecule has 1 aliphatic rings. The van der Waals surface area contributed by atoms with Gasteiger partial charge in [0.2, 0.25) is 0 Å². The molecular weight excluding hydrogens is 248 g/mol. The molecule has 0 bridgehead atoms. The molecule has 0 aromatic carbocycles. The molecule has 1 heteroatoms. The van der Waals surface area contributed by atoms with Crippen LogP contribution in [0.3, 0.4) is 0 Å². The van der Waals surface area contributed by atoms with Crippen LogP contribution in [0.25, 0.3) is 0 Å². The standard InChI is InChI=1S/C18H26S/c1-7-13-14-19(12-6)17(10-4)15(8-2)16(9-3)18(19)11-5/h8-11H,2-5,7,12-14H2,1,6H3. The Balaban J connectivity index is 3.55. The molecule has 0 fully saturated rings. The minimum atomic E-state index is -0.985. The van der Waals surface area contributed by atoms with Crippen molar-refractivity contribution in [1.29, 1.82) is 0 Å². The van der Waals surface area contributed by atoms with Crippen molar-refractivity contribution in [3.05, 3.63) is 71.6 Å². The van der Waals surface area contributed by atoms with Crippen molar-refractivity contribution in [2.75, 3.05) is 11.5 Å². The summed E-state index contributed by atoms with van der Waals surface area (Å²) in [4.78, 5) is 2.76. The molecule has 0 aromatic rings. The molecule has 0 aromatic heterocycles. The zero-order chi connectivity index (χ0) is 14.5. The monoisotopic (exact) mass is 274 g/mol. The Labute approximate surface area is 120 Å². The molecule has 0 atom stereocenters. The van der Waals surface area contributed by atoms with E-state index in [0.717, 1.165) is 5.75 Å². The van der Waals surface area contributed by atoms with Gasteiger partial charge in [-0.1, -0.05) is 70.9 Å². The summed E-state index contributed by atoms with van der Waals surface area (Å²) in [6.07, 6.45) is 10.4. The summed E-state index contributed by atoms with van der Waals surface area (Å²) in [5.41, 5.74) is 2.43. The fourth-order valence-corrected chi connectivity index (χ4v) is 7.07. The molecule has 0 nitrogen and oxygen atoms in total. The van der Waals surface area contributed by atoms with Gasteiger partial charge in [-0.3, -0.25) is 0 Å². The van der Waals surface area contributed by atoms with E-state index in [2.05, 4.69) is 40.2 Å². The molecule has 1 heterocycles. The van der Waals surface area contributed by atoms with E-state index in [4.69, 9.17) is 0 Å². The van der Waals surface area contributed by atoms with Gasteiger partial charge in [0.25, 0.3) is 0 Å². The zero-order valence-electron chi connectivity index (χ0n) is 12.4. The van der Waals surface area contributed by atoms with E-state index >= 15 is 0 Å². The SMILES string of the molecule is C=CC1=C(C=C)S(CC)(CCCC)C(C=C)=C1C=C. The molecular formula is C18H26S. The van der Waals surface area contributed by atoms with Crippen LogP contribution in [0.1, 0.15) is 26.7 Å². The molecule has 0 N–H and O–H groups in total. The van der Waals surface area contributed by atoms with E-state index in [-0.39, 0.29) is 0 Å². The van der Waals surface area contributed by atoms with E-state index in [1.807, 2.05) is 24.3 Å². The van der Waals surface area contributed by atoms with E-state index in [9.17, 15) is 0 Å².